The van der Waals surface area contributed by atoms with E-state index in [1.165, 1.54) is 38.5 Å². The van der Waals surface area contributed by atoms with Crippen LogP contribution in [-0.2, 0) is 4.79 Å². The summed E-state index contributed by atoms with van der Waals surface area (Å²) in [6, 6.07) is 0.419. The Labute approximate surface area is 110 Å². The molecular formula is C15H25NO2. The van der Waals surface area contributed by atoms with Crippen molar-refractivity contribution in [2.24, 2.45) is 23.2 Å². The fraction of sp³-hybridized carbons (Fsp3) is 0.933. The minimum absolute atomic E-state index is 0.183. The van der Waals surface area contributed by atoms with Gasteiger partial charge in [0.25, 0.3) is 0 Å². The second kappa shape index (κ2) is 4.22. The van der Waals surface area contributed by atoms with Crippen molar-refractivity contribution in [1.82, 2.24) is 4.90 Å². The predicted octanol–water partition coefficient (Wildman–Crippen LogP) is 2.61. The van der Waals surface area contributed by atoms with E-state index in [-0.39, 0.29) is 6.54 Å². The Morgan fingerprint density at radius 2 is 1.67 bits per heavy atom. The molecule has 102 valence electrons. The quantitative estimate of drug-likeness (QED) is 0.835. The maximum atomic E-state index is 10.9. The van der Waals surface area contributed by atoms with Gasteiger partial charge in [0.15, 0.2) is 0 Å². The van der Waals surface area contributed by atoms with Gasteiger partial charge in [0.2, 0.25) is 0 Å². The van der Waals surface area contributed by atoms with E-state index in [1.807, 2.05) is 7.05 Å². The predicted molar refractivity (Wildman–Crippen MR) is 70.3 cm³/mol. The number of carbonyl (C=O) groups is 1. The highest BCUT2D eigenvalue weighted by Gasteiger charge is 2.53. The van der Waals surface area contributed by atoms with Crippen LogP contribution in [0.25, 0.3) is 0 Å². The molecule has 0 amide bonds. The molecule has 18 heavy (non-hydrogen) atoms. The Hall–Kier alpha value is -0.570. The zero-order valence-corrected chi connectivity index (χ0v) is 11.6. The summed E-state index contributed by atoms with van der Waals surface area (Å²) in [7, 11) is 1.98. The van der Waals surface area contributed by atoms with E-state index in [4.69, 9.17) is 5.11 Å². The number of rotatable bonds is 4. The molecule has 0 aromatic rings. The number of carboxylic acid groups (broad SMARTS) is 1. The summed E-state index contributed by atoms with van der Waals surface area (Å²) in [5.41, 5.74) is 0.430. The van der Waals surface area contributed by atoms with Gasteiger partial charge in [-0.3, -0.25) is 9.69 Å². The molecule has 0 aromatic carbocycles. The first kappa shape index (κ1) is 12.5. The van der Waals surface area contributed by atoms with Crippen LogP contribution in [0, 0.1) is 23.2 Å². The summed E-state index contributed by atoms with van der Waals surface area (Å²) in [5, 5.41) is 8.97. The maximum Gasteiger partial charge on any atom is 0.317 e. The third-order valence-electron chi connectivity index (χ3n) is 6.02. The molecule has 0 radical (unpaired) electrons. The minimum Gasteiger partial charge on any atom is -0.480 e. The molecule has 4 bridgehead atoms. The zero-order valence-electron chi connectivity index (χ0n) is 11.6. The number of aliphatic carboxylic acids is 1. The third kappa shape index (κ3) is 1.97. The first-order valence-corrected chi connectivity index (χ1v) is 7.40. The number of hydrogen-bond donors (Lipinski definition) is 1. The molecule has 1 N–H and O–H groups in total. The monoisotopic (exact) mass is 251 g/mol. The SMILES string of the molecule is CC(N(C)CC(=O)O)C12CC3CC(CC(C3)C1)C2. The van der Waals surface area contributed by atoms with Crippen molar-refractivity contribution in [2.75, 3.05) is 13.6 Å². The first-order chi connectivity index (χ1) is 8.48. The van der Waals surface area contributed by atoms with Gasteiger partial charge in [-0.2, -0.15) is 0 Å². The van der Waals surface area contributed by atoms with E-state index in [9.17, 15) is 4.79 Å². The molecule has 1 unspecified atom stereocenters. The van der Waals surface area contributed by atoms with Crippen molar-refractivity contribution in [2.45, 2.75) is 51.5 Å². The Morgan fingerprint density at radius 1 is 1.22 bits per heavy atom. The third-order valence-corrected chi connectivity index (χ3v) is 6.02. The van der Waals surface area contributed by atoms with E-state index in [2.05, 4.69) is 11.8 Å². The maximum absolute atomic E-state index is 10.9. The topological polar surface area (TPSA) is 40.5 Å². The number of nitrogens with zero attached hydrogens (tertiary/aromatic N) is 1. The van der Waals surface area contributed by atoms with Crippen LogP contribution in [0.5, 0.6) is 0 Å². The highest BCUT2D eigenvalue weighted by Crippen LogP contribution is 2.61. The molecule has 4 saturated carbocycles. The molecule has 4 rings (SSSR count). The standard InChI is InChI=1S/C15H25NO2/c1-10(16(2)9-14(17)18)15-6-11-3-12(7-15)5-13(4-11)8-15/h10-13H,3-9H2,1-2H3,(H,17,18). The van der Waals surface area contributed by atoms with E-state index < -0.39 is 5.97 Å². The molecule has 4 aliphatic carbocycles. The molecule has 0 heterocycles. The summed E-state index contributed by atoms with van der Waals surface area (Å²) < 4.78 is 0. The van der Waals surface area contributed by atoms with Crippen molar-refractivity contribution in [3.63, 3.8) is 0 Å². The Bertz CT molecular complexity index is 317. The minimum atomic E-state index is -0.700. The molecule has 0 saturated heterocycles. The largest absolute Gasteiger partial charge is 0.480 e. The van der Waals surface area contributed by atoms with Gasteiger partial charge in [-0.15, -0.1) is 0 Å². The second-order valence-corrected chi connectivity index (χ2v) is 7.26. The van der Waals surface area contributed by atoms with Crippen molar-refractivity contribution >= 4 is 5.97 Å². The Kier molecular flexibility index (Phi) is 2.92. The normalized spacial score (nSPS) is 43.4. The lowest BCUT2D eigenvalue weighted by Gasteiger charge is -2.60. The first-order valence-electron chi connectivity index (χ1n) is 7.40. The van der Waals surface area contributed by atoms with Crippen molar-refractivity contribution < 1.29 is 9.90 Å². The van der Waals surface area contributed by atoms with Gasteiger partial charge in [0.05, 0.1) is 6.54 Å². The summed E-state index contributed by atoms with van der Waals surface area (Å²) in [5.74, 6) is 2.12. The van der Waals surface area contributed by atoms with Crippen molar-refractivity contribution in [1.29, 1.82) is 0 Å². The molecule has 0 aromatic heterocycles. The van der Waals surface area contributed by atoms with E-state index >= 15 is 0 Å². The van der Waals surface area contributed by atoms with E-state index in [0.29, 0.717) is 11.5 Å². The van der Waals surface area contributed by atoms with Crippen LogP contribution in [0.3, 0.4) is 0 Å². The summed E-state index contributed by atoms with van der Waals surface area (Å²) >= 11 is 0. The molecule has 0 aliphatic heterocycles. The lowest BCUT2D eigenvalue weighted by molar-refractivity contribution is -0.141. The summed E-state index contributed by atoms with van der Waals surface area (Å²) in [6.45, 7) is 2.44. The van der Waals surface area contributed by atoms with Crippen molar-refractivity contribution in [3.05, 3.63) is 0 Å². The van der Waals surface area contributed by atoms with Gasteiger partial charge in [-0.05, 0) is 75.7 Å². The summed E-state index contributed by atoms with van der Waals surface area (Å²) in [6.07, 6.45) is 8.41. The van der Waals surface area contributed by atoms with Gasteiger partial charge < -0.3 is 5.11 Å². The summed E-state index contributed by atoms with van der Waals surface area (Å²) in [4.78, 5) is 13.0. The highest BCUT2D eigenvalue weighted by atomic mass is 16.4. The number of carboxylic acids is 1. The fourth-order valence-electron chi connectivity index (χ4n) is 5.51. The molecule has 1 atom stereocenters. The molecule has 3 nitrogen and oxygen atoms in total. The number of hydrogen-bond acceptors (Lipinski definition) is 2. The van der Waals surface area contributed by atoms with Crippen LogP contribution < -0.4 is 0 Å². The van der Waals surface area contributed by atoms with Crippen LogP contribution in [0.2, 0.25) is 0 Å². The smallest absolute Gasteiger partial charge is 0.317 e. The van der Waals surface area contributed by atoms with Crippen LogP contribution in [0.15, 0.2) is 0 Å². The molecule has 3 heteroatoms. The van der Waals surface area contributed by atoms with Crippen molar-refractivity contribution in [3.8, 4) is 0 Å². The average molecular weight is 251 g/mol. The highest BCUT2D eigenvalue weighted by molar-refractivity contribution is 5.69. The second-order valence-electron chi connectivity index (χ2n) is 7.26. The van der Waals surface area contributed by atoms with Crippen LogP contribution in [-0.4, -0.2) is 35.6 Å². The van der Waals surface area contributed by atoms with Gasteiger partial charge in [-0.25, -0.2) is 0 Å². The Morgan fingerprint density at radius 3 is 2.06 bits per heavy atom. The lowest BCUT2D eigenvalue weighted by atomic mass is 9.47. The van der Waals surface area contributed by atoms with Gasteiger partial charge in [0.1, 0.15) is 0 Å². The molecule has 4 fully saturated rings. The van der Waals surface area contributed by atoms with Gasteiger partial charge >= 0.3 is 5.97 Å². The Balaban J connectivity index is 1.76. The fourth-order valence-corrected chi connectivity index (χ4v) is 5.51. The van der Waals surface area contributed by atoms with Crippen LogP contribution >= 0.6 is 0 Å². The molecular weight excluding hydrogens is 226 g/mol. The van der Waals surface area contributed by atoms with E-state index in [0.717, 1.165) is 17.8 Å². The lowest BCUT2D eigenvalue weighted by Crippen LogP contribution is -2.55. The van der Waals surface area contributed by atoms with Gasteiger partial charge in [0, 0.05) is 6.04 Å². The molecule has 4 aliphatic rings. The van der Waals surface area contributed by atoms with Gasteiger partial charge in [-0.1, -0.05) is 0 Å². The average Bonchev–Trinajstić information content (AvgIpc) is 2.25. The van der Waals surface area contributed by atoms with E-state index in [1.54, 1.807) is 0 Å². The number of likely N-dealkylation sites (N-methyl/N-ethyl adjacent to an activating group) is 1. The van der Waals surface area contributed by atoms with Crippen LogP contribution in [0.1, 0.15) is 45.4 Å². The molecule has 0 spiro atoms. The van der Waals surface area contributed by atoms with Crippen LogP contribution in [0.4, 0.5) is 0 Å². The zero-order chi connectivity index (χ0) is 12.9.